The van der Waals surface area contributed by atoms with E-state index in [-0.39, 0.29) is 5.56 Å². The summed E-state index contributed by atoms with van der Waals surface area (Å²) >= 11 is 7.29. The lowest BCUT2D eigenvalue weighted by Gasteiger charge is -1.94. The lowest BCUT2D eigenvalue weighted by molar-refractivity contribution is 0.981. The van der Waals surface area contributed by atoms with Crippen LogP contribution in [0.4, 0.5) is 0 Å². The summed E-state index contributed by atoms with van der Waals surface area (Å²) in [6.07, 6.45) is 0. The van der Waals surface area contributed by atoms with E-state index in [2.05, 4.69) is 0 Å². The van der Waals surface area contributed by atoms with Gasteiger partial charge < -0.3 is 0 Å². The van der Waals surface area contributed by atoms with Crippen molar-refractivity contribution in [3.63, 3.8) is 0 Å². The minimum atomic E-state index is -0.129. The molecule has 1 heterocycles. The van der Waals surface area contributed by atoms with E-state index < -0.39 is 0 Å². The summed E-state index contributed by atoms with van der Waals surface area (Å²) in [6, 6.07) is 9.67. The normalized spacial score (nSPS) is 10.4. The Morgan fingerprint density at radius 2 is 1.93 bits per heavy atom. The van der Waals surface area contributed by atoms with Crippen LogP contribution in [-0.2, 0) is 7.05 Å². The molecule has 0 unspecified atom stereocenters. The number of aryl methyl sites for hydroxylation is 1. The molecule has 0 aliphatic carbocycles. The number of aromatic nitrogens is 1. The van der Waals surface area contributed by atoms with Gasteiger partial charge in [0.05, 0.1) is 4.88 Å². The minimum Gasteiger partial charge on any atom is -0.267 e. The number of halogens is 1. The predicted octanol–water partition coefficient (Wildman–Crippen LogP) is 2.77. The zero-order valence-corrected chi connectivity index (χ0v) is 9.10. The molecule has 0 N–H and O–H groups in total. The Kier molecular flexibility index (Phi) is 2.44. The molecule has 0 aliphatic heterocycles. The van der Waals surface area contributed by atoms with Crippen molar-refractivity contribution in [1.82, 2.24) is 3.96 Å². The van der Waals surface area contributed by atoms with Crippen LogP contribution in [0.15, 0.2) is 35.1 Å². The number of hydrogen-bond acceptors (Lipinski definition) is 2. The average molecular weight is 226 g/mol. The quantitative estimate of drug-likeness (QED) is 0.732. The van der Waals surface area contributed by atoms with Crippen molar-refractivity contribution in [2.75, 3.05) is 0 Å². The molecule has 72 valence electrons. The van der Waals surface area contributed by atoms with Gasteiger partial charge in [-0.25, -0.2) is 0 Å². The third kappa shape index (κ3) is 1.49. The zero-order chi connectivity index (χ0) is 10.1. The first-order valence-electron chi connectivity index (χ1n) is 4.11. The molecule has 0 atom stereocenters. The maximum Gasteiger partial charge on any atom is 0.279 e. The molecule has 0 radical (unpaired) electrons. The highest BCUT2D eigenvalue weighted by atomic mass is 35.5. The van der Waals surface area contributed by atoms with Crippen LogP contribution in [0, 0.1) is 0 Å². The van der Waals surface area contributed by atoms with Crippen LogP contribution in [0.25, 0.3) is 10.4 Å². The van der Waals surface area contributed by atoms with Gasteiger partial charge in [-0.2, -0.15) is 0 Å². The highest BCUT2D eigenvalue weighted by Gasteiger charge is 2.11. The minimum absolute atomic E-state index is 0.129. The smallest absolute Gasteiger partial charge is 0.267 e. The van der Waals surface area contributed by atoms with Crippen LogP contribution in [0.2, 0.25) is 5.02 Å². The van der Waals surface area contributed by atoms with E-state index in [9.17, 15) is 4.79 Å². The van der Waals surface area contributed by atoms with Crippen molar-refractivity contribution in [2.45, 2.75) is 0 Å². The van der Waals surface area contributed by atoms with E-state index >= 15 is 0 Å². The van der Waals surface area contributed by atoms with Crippen molar-refractivity contribution >= 4 is 23.1 Å². The van der Waals surface area contributed by atoms with Crippen LogP contribution in [0.5, 0.6) is 0 Å². The molecule has 2 aromatic rings. The third-order valence-electron chi connectivity index (χ3n) is 1.94. The van der Waals surface area contributed by atoms with E-state index in [0.29, 0.717) is 5.02 Å². The fourth-order valence-corrected chi connectivity index (χ4v) is 2.47. The van der Waals surface area contributed by atoms with Crippen molar-refractivity contribution in [1.29, 1.82) is 0 Å². The van der Waals surface area contributed by atoms with E-state index in [1.807, 2.05) is 30.3 Å². The van der Waals surface area contributed by atoms with Gasteiger partial charge in [-0.05, 0) is 5.56 Å². The van der Waals surface area contributed by atoms with Gasteiger partial charge in [0.25, 0.3) is 5.56 Å². The molecule has 0 bridgehead atoms. The second-order valence-electron chi connectivity index (χ2n) is 2.90. The van der Waals surface area contributed by atoms with Gasteiger partial charge in [-0.3, -0.25) is 8.75 Å². The molecule has 2 nitrogen and oxygen atoms in total. The molecule has 0 saturated carbocycles. The van der Waals surface area contributed by atoms with Crippen LogP contribution in [0.1, 0.15) is 0 Å². The molecule has 1 aromatic carbocycles. The van der Waals surface area contributed by atoms with E-state index in [0.717, 1.165) is 10.4 Å². The largest absolute Gasteiger partial charge is 0.279 e. The van der Waals surface area contributed by atoms with Crippen molar-refractivity contribution in [2.24, 2.45) is 7.05 Å². The maximum atomic E-state index is 11.4. The van der Waals surface area contributed by atoms with Gasteiger partial charge >= 0.3 is 0 Å². The SMILES string of the molecule is Cn1sc(-c2ccccc2)c(Cl)c1=O. The molecular weight excluding hydrogens is 218 g/mol. The van der Waals surface area contributed by atoms with E-state index in [4.69, 9.17) is 11.6 Å². The van der Waals surface area contributed by atoms with Crippen molar-refractivity contribution < 1.29 is 0 Å². The Hall–Kier alpha value is -1.06. The lowest BCUT2D eigenvalue weighted by atomic mass is 10.2. The van der Waals surface area contributed by atoms with Gasteiger partial charge in [0.15, 0.2) is 0 Å². The fourth-order valence-electron chi connectivity index (χ4n) is 1.22. The highest BCUT2D eigenvalue weighted by Crippen LogP contribution is 2.29. The summed E-state index contributed by atoms with van der Waals surface area (Å²) in [5.74, 6) is 0. The molecule has 2 rings (SSSR count). The summed E-state index contributed by atoms with van der Waals surface area (Å²) < 4.78 is 1.53. The fraction of sp³-hybridized carbons (Fsp3) is 0.100. The molecular formula is C10H8ClNOS. The summed E-state index contributed by atoms with van der Waals surface area (Å²) in [7, 11) is 1.71. The van der Waals surface area contributed by atoms with Gasteiger partial charge in [0.1, 0.15) is 5.02 Å². The number of benzene rings is 1. The Balaban J connectivity index is 2.64. The number of rotatable bonds is 1. The first-order valence-corrected chi connectivity index (χ1v) is 5.26. The summed E-state index contributed by atoms with van der Waals surface area (Å²) in [4.78, 5) is 12.2. The summed E-state index contributed by atoms with van der Waals surface area (Å²) in [6.45, 7) is 0. The first kappa shape index (κ1) is 9.49. The monoisotopic (exact) mass is 225 g/mol. The molecule has 14 heavy (non-hydrogen) atoms. The van der Waals surface area contributed by atoms with Crippen molar-refractivity contribution in [3.8, 4) is 10.4 Å². The summed E-state index contributed by atoms with van der Waals surface area (Å²) in [5, 5.41) is 0.309. The highest BCUT2D eigenvalue weighted by molar-refractivity contribution is 7.10. The maximum absolute atomic E-state index is 11.4. The van der Waals surface area contributed by atoms with Crippen molar-refractivity contribution in [3.05, 3.63) is 45.7 Å². The van der Waals surface area contributed by atoms with Crippen LogP contribution < -0.4 is 5.56 Å². The Bertz CT molecular complexity index is 501. The second kappa shape index (κ2) is 3.59. The Morgan fingerprint density at radius 3 is 2.43 bits per heavy atom. The Labute approximate surface area is 90.5 Å². The molecule has 0 saturated heterocycles. The lowest BCUT2D eigenvalue weighted by Crippen LogP contribution is -2.07. The number of nitrogens with zero attached hydrogens (tertiary/aromatic N) is 1. The van der Waals surface area contributed by atoms with Crippen LogP contribution in [0.3, 0.4) is 0 Å². The van der Waals surface area contributed by atoms with E-state index in [1.165, 1.54) is 15.5 Å². The summed E-state index contributed by atoms with van der Waals surface area (Å²) in [5.41, 5.74) is 0.857. The molecule has 0 amide bonds. The Morgan fingerprint density at radius 1 is 1.29 bits per heavy atom. The third-order valence-corrected chi connectivity index (χ3v) is 3.46. The molecule has 1 aromatic heterocycles. The molecule has 0 aliphatic rings. The van der Waals surface area contributed by atoms with E-state index in [1.54, 1.807) is 7.05 Å². The molecule has 0 fully saturated rings. The van der Waals surface area contributed by atoms with Gasteiger partial charge in [0, 0.05) is 7.05 Å². The number of hydrogen-bond donors (Lipinski definition) is 0. The topological polar surface area (TPSA) is 22.0 Å². The zero-order valence-electron chi connectivity index (χ0n) is 7.53. The predicted molar refractivity (Wildman–Crippen MR) is 60.0 cm³/mol. The van der Waals surface area contributed by atoms with Crippen LogP contribution >= 0.6 is 23.1 Å². The van der Waals surface area contributed by atoms with Gasteiger partial charge in [-0.1, -0.05) is 53.5 Å². The molecule has 0 spiro atoms. The standard InChI is InChI=1S/C10H8ClNOS/c1-12-10(13)8(11)9(14-12)7-5-3-2-4-6-7/h2-6H,1H3. The van der Waals surface area contributed by atoms with Crippen LogP contribution in [-0.4, -0.2) is 3.96 Å². The van der Waals surface area contributed by atoms with Gasteiger partial charge in [0.2, 0.25) is 0 Å². The first-order chi connectivity index (χ1) is 6.70. The second-order valence-corrected chi connectivity index (χ2v) is 4.42. The molecule has 4 heteroatoms. The average Bonchev–Trinajstić information content (AvgIpc) is 2.47. The van der Waals surface area contributed by atoms with Gasteiger partial charge in [-0.15, -0.1) is 0 Å².